The summed E-state index contributed by atoms with van der Waals surface area (Å²) in [5.74, 6) is 0.975. The molecule has 2 rings (SSSR count). The molecule has 3 nitrogen and oxygen atoms in total. The summed E-state index contributed by atoms with van der Waals surface area (Å²) in [5.41, 5.74) is 0. The van der Waals surface area contributed by atoms with Gasteiger partial charge < -0.3 is 14.5 Å². The average Bonchev–Trinajstić information content (AvgIpc) is 2.63. The van der Waals surface area contributed by atoms with E-state index < -0.39 is 0 Å². The predicted molar refractivity (Wildman–Crippen MR) is 57.1 cm³/mol. The zero-order valence-electron chi connectivity index (χ0n) is 7.96. The van der Waals surface area contributed by atoms with Gasteiger partial charge in [0.1, 0.15) is 5.76 Å². The molecule has 78 valence electrons. The molecule has 14 heavy (non-hydrogen) atoms. The molecular weight excluding hydrogens is 246 g/mol. The van der Waals surface area contributed by atoms with Gasteiger partial charge in [0, 0.05) is 19.3 Å². The minimum Gasteiger partial charge on any atom is -0.453 e. The number of hydrogen-bond acceptors (Lipinski definition) is 3. The fraction of sp³-hybridized carbons (Fsp3) is 0.600. The summed E-state index contributed by atoms with van der Waals surface area (Å²) in [6.07, 6.45) is 2.20. The Labute approximate surface area is 91.9 Å². The minimum absolute atomic E-state index is 0.577. The van der Waals surface area contributed by atoms with Crippen molar-refractivity contribution in [3.8, 4) is 0 Å². The molecule has 1 aliphatic rings. The molecule has 4 heteroatoms. The Hall–Kier alpha value is -0.320. The van der Waals surface area contributed by atoms with Crippen LogP contribution in [0.15, 0.2) is 21.2 Å². The first-order chi connectivity index (χ1) is 6.84. The predicted octanol–water partition coefficient (Wildman–Crippen LogP) is 2.31. The number of furan rings is 1. The lowest BCUT2D eigenvalue weighted by atomic mass is 10.1. The van der Waals surface area contributed by atoms with Crippen LogP contribution in [-0.2, 0) is 11.3 Å². The lowest BCUT2D eigenvalue weighted by Crippen LogP contribution is -2.34. The number of hydrogen-bond donors (Lipinski definition) is 1. The summed E-state index contributed by atoms with van der Waals surface area (Å²) in [7, 11) is 0. The Kier molecular flexibility index (Phi) is 3.61. The zero-order valence-corrected chi connectivity index (χ0v) is 9.55. The first-order valence-electron chi connectivity index (χ1n) is 4.90. The molecule has 0 spiro atoms. The fourth-order valence-electron chi connectivity index (χ4n) is 1.59. The molecular formula is C10H14BrNO2. The van der Waals surface area contributed by atoms with Gasteiger partial charge in [-0.05, 0) is 40.9 Å². The standard InChI is InChI=1S/C10H14BrNO2/c11-10-2-1-9(14-10)7-12-8-3-5-13-6-4-8/h1-2,8,12H,3-7H2. The highest BCUT2D eigenvalue weighted by Crippen LogP contribution is 2.14. The van der Waals surface area contributed by atoms with Crippen molar-refractivity contribution in [3.63, 3.8) is 0 Å². The smallest absolute Gasteiger partial charge is 0.169 e. The fourth-order valence-corrected chi connectivity index (χ4v) is 1.93. The summed E-state index contributed by atoms with van der Waals surface area (Å²) < 4.78 is 11.5. The van der Waals surface area contributed by atoms with Crippen molar-refractivity contribution >= 4 is 15.9 Å². The van der Waals surface area contributed by atoms with Crippen LogP contribution in [0.25, 0.3) is 0 Å². The second kappa shape index (κ2) is 4.96. The molecule has 1 fully saturated rings. The molecule has 0 saturated carbocycles. The molecule has 2 heterocycles. The second-order valence-electron chi connectivity index (χ2n) is 3.47. The summed E-state index contributed by atoms with van der Waals surface area (Å²) >= 11 is 3.28. The van der Waals surface area contributed by atoms with E-state index in [1.165, 1.54) is 0 Å². The van der Waals surface area contributed by atoms with E-state index in [2.05, 4.69) is 21.2 Å². The lowest BCUT2D eigenvalue weighted by molar-refractivity contribution is 0.0771. The maximum atomic E-state index is 5.40. The summed E-state index contributed by atoms with van der Waals surface area (Å²) in [6, 6.07) is 4.48. The van der Waals surface area contributed by atoms with E-state index in [1.54, 1.807) is 0 Å². The quantitative estimate of drug-likeness (QED) is 0.905. The van der Waals surface area contributed by atoms with Crippen molar-refractivity contribution in [1.29, 1.82) is 0 Å². The van der Waals surface area contributed by atoms with Crippen LogP contribution in [0.2, 0.25) is 0 Å². The molecule has 1 aromatic heterocycles. The third-order valence-electron chi connectivity index (χ3n) is 2.42. The van der Waals surface area contributed by atoms with Crippen LogP contribution in [0.3, 0.4) is 0 Å². The Morgan fingerprint density at radius 3 is 2.79 bits per heavy atom. The minimum atomic E-state index is 0.577. The first kappa shape index (κ1) is 10.2. The van der Waals surface area contributed by atoms with Gasteiger partial charge in [0.15, 0.2) is 4.67 Å². The van der Waals surface area contributed by atoms with Crippen LogP contribution < -0.4 is 5.32 Å². The van der Waals surface area contributed by atoms with E-state index in [1.807, 2.05) is 12.1 Å². The summed E-state index contributed by atoms with van der Waals surface area (Å²) in [5, 5.41) is 3.46. The van der Waals surface area contributed by atoms with E-state index in [0.717, 1.165) is 43.0 Å². The van der Waals surface area contributed by atoms with Crippen molar-refractivity contribution in [1.82, 2.24) is 5.32 Å². The van der Waals surface area contributed by atoms with Gasteiger partial charge in [0.25, 0.3) is 0 Å². The maximum absolute atomic E-state index is 5.40. The third-order valence-corrected chi connectivity index (χ3v) is 2.84. The van der Waals surface area contributed by atoms with Gasteiger partial charge >= 0.3 is 0 Å². The largest absolute Gasteiger partial charge is 0.453 e. The van der Waals surface area contributed by atoms with Crippen LogP contribution >= 0.6 is 15.9 Å². The maximum Gasteiger partial charge on any atom is 0.169 e. The average molecular weight is 260 g/mol. The Balaban J connectivity index is 1.76. The molecule has 1 N–H and O–H groups in total. The summed E-state index contributed by atoms with van der Waals surface area (Å²) in [6.45, 7) is 2.55. The molecule has 0 amide bonds. The van der Waals surface area contributed by atoms with E-state index in [4.69, 9.17) is 9.15 Å². The van der Waals surface area contributed by atoms with E-state index in [0.29, 0.717) is 6.04 Å². The topological polar surface area (TPSA) is 34.4 Å². The van der Waals surface area contributed by atoms with Crippen molar-refractivity contribution < 1.29 is 9.15 Å². The second-order valence-corrected chi connectivity index (χ2v) is 4.25. The summed E-state index contributed by atoms with van der Waals surface area (Å²) in [4.78, 5) is 0. The highest BCUT2D eigenvalue weighted by molar-refractivity contribution is 9.10. The van der Waals surface area contributed by atoms with Crippen molar-refractivity contribution in [2.75, 3.05) is 13.2 Å². The molecule has 0 atom stereocenters. The Morgan fingerprint density at radius 1 is 1.36 bits per heavy atom. The molecule has 0 radical (unpaired) electrons. The molecule has 0 aliphatic carbocycles. The van der Waals surface area contributed by atoms with Crippen LogP contribution in [-0.4, -0.2) is 19.3 Å². The van der Waals surface area contributed by atoms with Gasteiger partial charge in [-0.2, -0.15) is 0 Å². The monoisotopic (exact) mass is 259 g/mol. The Bertz CT molecular complexity index is 281. The van der Waals surface area contributed by atoms with Crippen LogP contribution in [0.4, 0.5) is 0 Å². The van der Waals surface area contributed by atoms with Crippen LogP contribution in [0.1, 0.15) is 18.6 Å². The molecule has 1 aliphatic heterocycles. The van der Waals surface area contributed by atoms with Crippen molar-refractivity contribution in [2.45, 2.75) is 25.4 Å². The van der Waals surface area contributed by atoms with Gasteiger partial charge in [-0.1, -0.05) is 0 Å². The van der Waals surface area contributed by atoms with Gasteiger partial charge in [0.05, 0.1) is 6.54 Å². The van der Waals surface area contributed by atoms with Crippen molar-refractivity contribution in [2.24, 2.45) is 0 Å². The van der Waals surface area contributed by atoms with E-state index >= 15 is 0 Å². The number of rotatable bonds is 3. The number of ether oxygens (including phenoxy) is 1. The zero-order chi connectivity index (χ0) is 9.80. The number of nitrogens with one attached hydrogen (secondary N) is 1. The molecule has 0 bridgehead atoms. The van der Waals surface area contributed by atoms with Gasteiger partial charge in [0.2, 0.25) is 0 Å². The third kappa shape index (κ3) is 2.83. The highest BCUT2D eigenvalue weighted by atomic mass is 79.9. The molecule has 1 saturated heterocycles. The van der Waals surface area contributed by atoms with Gasteiger partial charge in [-0.15, -0.1) is 0 Å². The van der Waals surface area contributed by atoms with Gasteiger partial charge in [-0.3, -0.25) is 0 Å². The normalized spacial score (nSPS) is 18.6. The van der Waals surface area contributed by atoms with E-state index in [9.17, 15) is 0 Å². The highest BCUT2D eigenvalue weighted by Gasteiger charge is 2.13. The molecule has 0 unspecified atom stereocenters. The van der Waals surface area contributed by atoms with Gasteiger partial charge in [-0.25, -0.2) is 0 Å². The van der Waals surface area contributed by atoms with Crippen LogP contribution in [0, 0.1) is 0 Å². The molecule has 1 aromatic rings. The Morgan fingerprint density at radius 2 is 2.14 bits per heavy atom. The lowest BCUT2D eigenvalue weighted by Gasteiger charge is -2.22. The SMILES string of the molecule is Brc1ccc(CNC2CCOCC2)o1. The van der Waals surface area contributed by atoms with Crippen molar-refractivity contribution in [3.05, 3.63) is 22.6 Å². The molecule has 0 aromatic carbocycles. The van der Waals surface area contributed by atoms with E-state index in [-0.39, 0.29) is 0 Å². The first-order valence-corrected chi connectivity index (χ1v) is 5.69. The number of halogens is 1. The van der Waals surface area contributed by atoms with Crippen LogP contribution in [0.5, 0.6) is 0 Å².